The molecule has 2 N–H and O–H groups in total. The minimum atomic E-state index is -1.05. The summed E-state index contributed by atoms with van der Waals surface area (Å²) in [7, 11) is 0. The summed E-state index contributed by atoms with van der Waals surface area (Å²) < 4.78 is 0. The molecule has 0 bridgehead atoms. The van der Waals surface area contributed by atoms with Gasteiger partial charge in [-0.3, -0.25) is 4.79 Å². The molecule has 5 heteroatoms. The van der Waals surface area contributed by atoms with Crippen molar-refractivity contribution in [2.75, 3.05) is 5.32 Å². The lowest BCUT2D eigenvalue weighted by atomic mass is 9.99. The number of anilines is 1. The number of hydrogen-bond acceptors (Lipinski definition) is 3. The molecule has 0 radical (unpaired) electrons. The summed E-state index contributed by atoms with van der Waals surface area (Å²) in [6, 6.07) is 6.77. The van der Waals surface area contributed by atoms with Crippen molar-refractivity contribution in [1.29, 1.82) is 0 Å². The summed E-state index contributed by atoms with van der Waals surface area (Å²) in [5, 5.41) is 11.5. The molecule has 0 aliphatic rings. The number of rotatable bonds is 3. The van der Waals surface area contributed by atoms with E-state index < -0.39 is 5.97 Å². The Balaban J connectivity index is 2.24. The highest BCUT2D eigenvalue weighted by atomic mass is 16.4. The second kappa shape index (κ2) is 5.75. The zero-order valence-corrected chi connectivity index (χ0v) is 12.1. The lowest BCUT2D eigenvalue weighted by molar-refractivity contribution is 0.0696. The summed E-state index contributed by atoms with van der Waals surface area (Å²) in [5.74, 6) is -0.976. The molecular weight excluding hydrogens is 268 g/mol. The van der Waals surface area contributed by atoms with Crippen molar-refractivity contribution < 1.29 is 14.7 Å². The molecule has 0 unspecified atom stereocenters. The first-order valence-corrected chi connectivity index (χ1v) is 6.47. The fourth-order valence-electron chi connectivity index (χ4n) is 2.31. The number of carbonyl (C=O) groups is 2. The highest BCUT2D eigenvalue weighted by Crippen LogP contribution is 2.18. The number of amides is 1. The van der Waals surface area contributed by atoms with E-state index in [0.717, 1.165) is 16.7 Å². The molecule has 1 heterocycles. The zero-order valence-electron chi connectivity index (χ0n) is 12.1. The molecule has 1 aromatic carbocycles. The van der Waals surface area contributed by atoms with E-state index in [1.165, 1.54) is 18.3 Å². The molecule has 21 heavy (non-hydrogen) atoms. The van der Waals surface area contributed by atoms with Crippen molar-refractivity contribution in [3.63, 3.8) is 0 Å². The number of aryl methyl sites for hydroxylation is 3. The summed E-state index contributed by atoms with van der Waals surface area (Å²) in [6.45, 7) is 5.75. The van der Waals surface area contributed by atoms with Crippen LogP contribution >= 0.6 is 0 Å². The van der Waals surface area contributed by atoms with Gasteiger partial charge in [-0.25, -0.2) is 9.78 Å². The number of carboxylic acid groups (broad SMARTS) is 1. The van der Waals surface area contributed by atoms with Crippen molar-refractivity contribution in [2.45, 2.75) is 20.8 Å². The van der Waals surface area contributed by atoms with Crippen LogP contribution in [0.3, 0.4) is 0 Å². The third kappa shape index (κ3) is 3.25. The van der Waals surface area contributed by atoms with Gasteiger partial charge in [0.2, 0.25) is 0 Å². The van der Waals surface area contributed by atoms with Crippen molar-refractivity contribution in [2.24, 2.45) is 0 Å². The minimum absolute atomic E-state index is 0.0793. The second-order valence-corrected chi connectivity index (χ2v) is 4.97. The fraction of sp³-hybridized carbons (Fsp3) is 0.188. The minimum Gasteiger partial charge on any atom is -0.478 e. The lowest BCUT2D eigenvalue weighted by Crippen LogP contribution is -2.16. The van der Waals surface area contributed by atoms with E-state index in [0.29, 0.717) is 11.4 Å². The number of hydrogen-bond donors (Lipinski definition) is 2. The molecule has 1 amide bonds. The third-order valence-electron chi connectivity index (χ3n) is 3.16. The van der Waals surface area contributed by atoms with Crippen LogP contribution in [-0.2, 0) is 0 Å². The molecule has 2 rings (SSSR count). The highest BCUT2D eigenvalue weighted by molar-refractivity contribution is 6.06. The number of benzene rings is 1. The van der Waals surface area contributed by atoms with Gasteiger partial charge in [-0.15, -0.1) is 0 Å². The monoisotopic (exact) mass is 284 g/mol. The first-order chi connectivity index (χ1) is 9.88. The largest absolute Gasteiger partial charge is 0.478 e. The standard InChI is InChI=1S/C16H16N2O3/c1-9-6-10(2)14(11(3)7-9)15(19)18-13-5-4-12(8-17-13)16(20)21/h4-8H,1-3H3,(H,20,21)(H,17,18,19). The molecule has 1 aromatic heterocycles. The van der Waals surface area contributed by atoms with E-state index in [1.807, 2.05) is 32.9 Å². The molecule has 0 atom stereocenters. The van der Waals surface area contributed by atoms with Crippen molar-refractivity contribution >= 4 is 17.7 Å². The third-order valence-corrected chi connectivity index (χ3v) is 3.16. The molecule has 0 saturated carbocycles. The van der Waals surface area contributed by atoms with Crippen LogP contribution in [0.2, 0.25) is 0 Å². The van der Waals surface area contributed by atoms with Gasteiger partial charge in [0.05, 0.1) is 5.56 Å². The second-order valence-electron chi connectivity index (χ2n) is 4.97. The first-order valence-electron chi connectivity index (χ1n) is 6.47. The molecule has 5 nitrogen and oxygen atoms in total. The quantitative estimate of drug-likeness (QED) is 0.908. The van der Waals surface area contributed by atoms with E-state index in [2.05, 4.69) is 10.3 Å². The predicted molar refractivity (Wildman–Crippen MR) is 79.8 cm³/mol. The Hall–Kier alpha value is -2.69. The van der Waals surface area contributed by atoms with Gasteiger partial charge >= 0.3 is 5.97 Å². The summed E-state index contributed by atoms with van der Waals surface area (Å²) in [6.07, 6.45) is 1.22. The molecular formula is C16H16N2O3. The van der Waals surface area contributed by atoms with Gasteiger partial charge in [0.1, 0.15) is 5.82 Å². The average molecular weight is 284 g/mol. The maximum absolute atomic E-state index is 12.3. The molecule has 2 aromatic rings. The van der Waals surface area contributed by atoms with Gasteiger partial charge in [0.25, 0.3) is 5.91 Å². The van der Waals surface area contributed by atoms with Crippen LogP contribution in [0.25, 0.3) is 0 Å². The van der Waals surface area contributed by atoms with Crippen LogP contribution in [-0.4, -0.2) is 22.0 Å². The Kier molecular flexibility index (Phi) is 4.03. The van der Waals surface area contributed by atoms with Crippen LogP contribution < -0.4 is 5.32 Å². The van der Waals surface area contributed by atoms with Gasteiger partial charge < -0.3 is 10.4 Å². The normalized spacial score (nSPS) is 10.2. The Morgan fingerprint density at radius 2 is 1.71 bits per heavy atom. The summed E-state index contributed by atoms with van der Waals surface area (Å²) >= 11 is 0. The average Bonchev–Trinajstić information content (AvgIpc) is 2.37. The van der Waals surface area contributed by atoms with Crippen LogP contribution in [0.5, 0.6) is 0 Å². The maximum Gasteiger partial charge on any atom is 0.337 e. The van der Waals surface area contributed by atoms with E-state index in [-0.39, 0.29) is 11.5 Å². The van der Waals surface area contributed by atoms with Crippen molar-refractivity contribution in [3.05, 3.63) is 58.3 Å². The van der Waals surface area contributed by atoms with E-state index in [1.54, 1.807) is 0 Å². The number of pyridine rings is 1. The van der Waals surface area contributed by atoms with Crippen LogP contribution in [0.15, 0.2) is 30.5 Å². The number of nitrogens with zero attached hydrogens (tertiary/aromatic N) is 1. The Bertz CT molecular complexity index is 683. The Morgan fingerprint density at radius 3 is 2.19 bits per heavy atom. The van der Waals surface area contributed by atoms with Gasteiger partial charge in [0, 0.05) is 11.8 Å². The molecule has 0 saturated heterocycles. The number of aromatic nitrogens is 1. The van der Waals surface area contributed by atoms with Crippen LogP contribution in [0.4, 0.5) is 5.82 Å². The number of carboxylic acids is 1. The predicted octanol–water partition coefficient (Wildman–Crippen LogP) is 2.96. The summed E-state index contributed by atoms with van der Waals surface area (Å²) in [4.78, 5) is 27.0. The van der Waals surface area contributed by atoms with Gasteiger partial charge in [-0.1, -0.05) is 17.7 Å². The van der Waals surface area contributed by atoms with E-state index in [9.17, 15) is 9.59 Å². The topological polar surface area (TPSA) is 79.3 Å². The van der Waals surface area contributed by atoms with Crippen molar-refractivity contribution in [3.8, 4) is 0 Å². The summed E-state index contributed by atoms with van der Waals surface area (Å²) in [5.41, 5.74) is 3.59. The van der Waals surface area contributed by atoms with Crippen LogP contribution in [0.1, 0.15) is 37.4 Å². The van der Waals surface area contributed by atoms with E-state index >= 15 is 0 Å². The Labute approximate surface area is 122 Å². The molecule has 0 spiro atoms. The van der Waals surface area contributed by atoms with Crippen molar-refractivity contribution in [1.82, 2.24) is 4.98 Å². The molecule has 0 fully saturated rings. The molecule has 108 valence electrons. The van der Waals surface area contributed by atoms with Gasteiger partial charge in [-0.05, 0) is 44.0 Å². The number of carbonyl (C=O) groups excluding carboxylic acids is 1. The van der Waals surface area contributed by atoms with Crippen LogP contribution in [0, 0.1) is 20.8 Å². The zero-order chi connectivity index (χ0) is 15.6. The smallest absolute Gasteiger partial charge is 0.337 e. The lowest BCUT2D eigenvalue weighted by Gasteiger charge is -2.11. The number of nitrogens with one attached hydrogen (secondary N) is 1. The van der Waals surface area contributed by atoms with E-state index in [4.69, 9.17) is 5.11 Å². The maximum atomic E-state index is 12.3. The highest BCUT2D eigenvalue weighted by Gasteiger charge is 2.13. The molecule has 0 aliphatic heterocycles. The SMILES string of the molecule is Cc1cc(C)c(C(=O)Nc2ccc(C(=O)O)cn2)c(C)c1. The first kappa shape index (κ1) is 14.7. The Morgan fingerprint density at radius 1 is 1.10 bits per heavy atom. The van der Waals surface area contributed by atoms with Gasteiger partial charge in [0.15, 0.2) is 0 Å². The fourth-order valence-corrected chi connectivity index (χ4v) is 2.31. The molecule has 0 aliphatic carbocycles. The van der Waals surface area contributed by atoms with Gasteiger partial charge in [-0.2, -0.15) is 0 Å². The number of aromatic carboxylic acids is 1.